The number of nitrogens with two attached hydrogens (primary N) is 2. The molecule has 172 valence electrons. The summed E-state index contributed by atoms with van der Waals surface area (Å²) in [6, 6.07) is 7.46. The van der Waals surface area contributed by atoms with Gasteiger partial charge in [0.25, 0.3) is 0 Å². The van der Waals surface area contributed by atoms with Crippen LogP contribution in [0.4, 0.5) is 0 Å². The van der Waals surface area contributed by atoms with E-state index in [0.29, 0.717) is 57.9 Å². The highest BCUT2D eigenvalue weighted by atomic mass is 35.5. The number of benzene rings is 2. The summed E-state index contributed by atoms with van der Waals surface area (Å²) in [4.78, 5) is 0. The van der Waals surface area contributed by atoms with Crippen molar-refractivity contribution in [1.29, 1.82) is 0 Å². The van der Waals surface area contributed by atoms with Gasteiger partial charge in [-0.3, -0.25) is 0 Å². The van der Waals surface area contributed by atoms with Crippen LogP contribution >= 0.6 is 46.4 Å². The fourth-order valence-corrected chi connectivity index (χ4v) is 4.32. The molecule has 0 amide bonds. The van der Waals surface area contributed by atoms with Crippen LogP contribution in [0.1, 0.15) is 50.7 Å². The fourth-order valence-electron chi connectivity index (χ4n) is 3.13. The summed E-state index contributed by atoms with van der Waals surface area (Å²) < 4.78 is 11.5. The predicted molar refractivity (Wildman–Crippen MR) is 133 cm³/mol. The van der Waals surface area contributed by atoms with Crippen LogP contribution in [-0.2, 0) is 5.41 Å². The molecule has 0 heterocycles. The molecule has 2 aromatic rings. The first kappa shape index (κ1) is 26.4. The molecule has 4 nitrogen and oxygen atoms in total. The highest BCUT2D eigenvalue weighted by Gasteiger charge is 2.27. The van der Waals surface area contributed by atoms with Gasteiger partial charge in [0.15, 0.2) is 11.5 Å². The van der Waals surface area contributed by atoms with E-state index in [1.807, 2.05) is 24.3 Å². The number of ether oxygens (including phenoxy) is 2. The van der Waals surface area contributed by atoms with Gasteiger partial charge in [0.05, 0.1) is 33.3 Å². The SMILES string of the molecule is CC(C)(c1cc(Cl)c(OCCCCN)c(Cl)c1)c1cc(Cl)c(OCCCCN)c(Cl)c1. The van der Waals surface area contributed by atoms with Crippen molar-refractivity contribution < 1.29 is 9.47 Å². The maximum Gasteiger partial charge on any atom is 0.156 e. The molecule has 0 aromatic heterocycles. The molecule has 2 rings (SSSR count). The lowest BCUT2D eigenvalue weighted by Gasteiger charge is -2.28. The van der Waals surface area contributed by atoms with Gasteiger partial charge in [-0.25, -0.2) is 0 Å². The lowest BCUT2D eigenvalue weighted by Crippen LogP contribution is -2.19. The van der Waals surface area contributed by atoms with E-state index in [0.717, 1.165) is 36.8 Å². The fraction of sp³-hybridized carbons (Fsp3) is 0.478. The topological polar surface area (TPSA) is 70.5 Å². The second-order valence-electron chi connectivity index (χ2n) is 7.85. The number of unbranched alkanes of at least 4 members (excludes halogenated alkanes) is 2. The number of halogens is 4. The third-order valence-electron chi connectivity index (χ3n) is 5.13. The highest BCUT2D eigenvalue weighted by Crippen LogP contribution is 2.43. The summed E-state index contributed by atoms with van der Waals surface area (Å²) >= 11 is 26.0. The molecule has 0 saturated heterocycles. The van der Waals surface area contributed by atoms with Crippen LogP contribution in [0.5, 0.6) is 11.5 Å². The van der Waals surface area contributed by atoms with Crippen molar-refractivity contribution in [3.63, 3.8) is 0 Å². The molecule has 0 spiro atoms. The molecule has 2 aromatic carbocycles. The lowest BCUT2D eigenvalue weighted by molar-refractivity contribution is 0.308. The van der Waals surface area contributed by atoms with Crippen molar-refractivity contribution in [2.45, 2.75) is 44.9 Å². The quantitative estimate of drug-likeness (QED) is 0.308. The van der Waals surface area contributed by atoms with E-state index in [2.05, 4.69) is 13.8 Å². The van der Waals surface area contributed by atoms with Gasteiger partial charge in [-0.2, -0.15) is 0 Å². The van der Waals surface area contributed by atoms with E-state index in [9.17, 15) is 0 Å². The largest absolute Gasteiger partial charge is 0.490 e. The Morgan fingerprint density at radius 1 is 0.645 bits per heavy atom. The Morgan fingerprint density at radius 3 is 1.26 bits per heavy atom. The molecule has 0 saturated carbocycles. The standard InChI is InChI=1S/C23H30Cl4N2O2/c1-23(2,15-11-17(24)21(18(25)12-15)30-9-5-3-7-28)16-13-19(26)22(20(27)14-16)31-10-6-4-8-29/h11-14H,3-10,28-29H2,1-2H3. The number of rotatable bonds is 12. The van der Waals surface area contributed by atoms with Gasteiger partial charge in [-0.15, -0.1) is 0 Å². The molecule has 8 heteroatoms. The third kappa shape index (κ3) is 7.05. The van der Waals surface area contributed by atoms with Gasteiger partial charge in [0.2, 0.25) is 0 Å². The molecule has 0 radical (unpaired) electrons. The summed E-state index contributed by atoms with van der Waals surface area (Å²) in [5.41, 5.74) is 12.4. The van der Waals surface area contributed by atoms with E-state index >= 15 is 0 Å². The summed E-state index contributed by atoms with van der Waals surface area (Å²) in [6.45, 7) is 6.39. The zero-order chi connectivity index (χ0) is 23.0. The van der Waals surface area contributed by atoms with E-state index < -0.39 is 5.41 Å². The van der Waals surface area contributed by atoms with Crippen LogP contribution in [0.25, 0.3) is 0 Å². The Labute approximate surface area is 205 Å². The summed E-state index contributed by atoms with van der Waals surface area (Å²) in [7, 11) is 0. The van der Waals surface area contributed by atoms with Gasteiger partial charge >= 0.3 is 0 Å². The van der Waals surface area contributed by atoms with Gasteiger partial charge in [-0.1, -0.05) is 60.3 Å². The van der Waals surface area contributed by atoms with Crippen LogP contribution in [0.3, 0.4) is 0 Å². The summed E-state index contributed by atoms with van der Waals surface area (Å²) in [6.07, 6.45) is 3.45. The Kier molecular flexibility index (Phi) is 10.5. The molecule has 0 aliphatic heterocycles. The van der Waals surface area contributed by atoms with Gasteiger partial charge in [-0.05, 0) is 74.2 Å². The molecule has 0 bridgehead atoms. The number of hydrogen-bond donors (Lipinski definition) is 2. The first-order valence-electron chi connectivity index (χ1n) is 10.4. The molecular formula is C23H30Cl4N2O2. The Bertz CT molecular complexity index is 759. The van der Waals surface area contributed by atoms with Crippen molar-refractivity contribution in [3.05, 3.63) is 55.5 Å². The van der Waals surface area contributed by atoms with E-state index in [1.54, 1.807) is 0 Å². The average molecular weight is 508 g/mol. The Hall–Kier alpha value is -0.880. The maximum atomic E-state index is 6.50. The zero-order valence-electron chi connectivity index (χ0n) is 17.9. The van der Waals surface area contributed by atoms with Crippen LogP contribution in [0.15, 0.2) is 24.3 Å². The second kappa shape index (κ2) is 12.4. The van der Waals surface area contributed by atoms with Crippen molar-refractivity contribution in [2.24, 2.45) is 11.5 Å². The monoisotopic (exact) mass is 506 g/mol. The maximum absolute atomic E-state index is 6.50. The second-order valence-corrected chi connectivity index (χ2v) is 9.48. The molecule has 0 aliphatic carbocycles. The summed E-state index contributed by atoms with van der Waals surface area (Å²) in [5, 5.41) is 1.83. The lowest BCUT2D eigenvalue weighted by atomic mass is 9.78. The number of hydrogen-bond acceptors (Lipinski definition) is 4. The first-order valence-corrected chi connectivity index (χ1v) is 11.9. The average Bonchev–Trinajstić information content (AvgIpc) is 2.71. The van der Waals surface area contributed by atoms with Crippen molar-refractivity contribution in [2.75, 3.05) is 26.3 Å². The highest BCUT2D eigenvalue weighted by molar-refractivity contribution is 6.38. The molecule has 0 unspecified atom stereocenters. The molecule has 0 atom stereocenters. The van der Waals surface area contributed by atoms with E-state index in [-0.39, 0.29) is 0 Å². The Morgan fingerprint density at radius 2 is 0.968 bits per heavy atom. The van der Waals surface area contributed by atoms with Crippen molar-refractivity contribution in [3.8, 4) is 11.5 Å². The smallest absolute Gasteiger partial charge is 0.156 e. The minimum Gasteiger partial charge on any atom is -0.490 e. The molecule has 31 heavy (non-hydrogen) atoms. The van der Waals surface area contributed by atoms with Crippen molar-refractivity contribution >= 4 is 46.4 Å². The first-order chi connectivity index (χ1) is 14.7. The summed E-state index contributed by atoms with van der Waals surface area (Å²) in [5.74, 6) is 0.967. The van der Waals surface area contributed by atoms with Crippen LogP contribution < -0.4 is 20.9 Å². The van der Waals surface area contributed by atoms with Gasteiger partial charge < -0.3 is 20.9 Å². The molecule has 4 N–H and O–H groups in total. The van der Waals surface area contributed by atoms with Crippen LogP contribution in [-0.4, -0.2) is 26.3 Å². The molecule has 0 aliphatic rings. The molecule has 0 fully saturated rings. The van der Waals surface area contributed by atoms with Crippen LogP contribution in [0, 0.1) is 0 Å². The van der Waals surface area contributed by atoms with E-state index in [1.165, 1.54) is 0 Å². The van der Waals surface area contributed by atoms with E-state index in [4.69, 9.17) is 67.3 Å². The predicted octanol–water partition coefficient (Wildman–Crippen LogP) is 6.86. The molecular weight excluding hydrogens is 478 g/mol. The normalized spacial score (nSPS) is 11.6. The third-order valence-corrected chi connectivity index (χ3v) is 6.25. The van der Waals surface area contributed by atoms with Crippen molar-refractivity contribution in [1.82, 2.24) is 0 Å². The van der Waals surface area contributed by atoms with Crippen LogP contribution in [0.2, 0.25) is 20.1 Å². The van der Waals surface area contributed by atoms with Gasteiger partial charge in [0.1, 0.15) is 0 Å². The Balaban J connectivity index is 2.26. The minimum absolute atomic E-state index is 0.459. The minimum atomic E-state index is -0.462. The van der Waals surface area contributed by atoms with Gasteiger partial charge in [0, 0.05) is 5.41 Å². The zero-order valence-corrected chi connectivity index (χ0v) is 21.0.